The molecule has 0 spiro atoms. The molecule has 0 aliphatic heterocycles. The summed E-state index contributed by atoms with van der Waals surface area (Å²) in [7, 11) is 0. The lowest BCUT2D eigenvalue weighted by molar-refractivity contribution is 0.596. The normalized spacial score (nSPS) is 12.6. The first-order valence-electron chi connectivity index (χ1n) is 6.43. The molecular weight excluding hydrogens is 263 g/mol. The molecular formula is C15H18ClFN2. The first-order chi connectivity index (χ1) is 9.10. The van der Waals surface area contributed by atoms with Crippen LogP contribution in [-0.4, -0.2) is 11.1 Å². The van der Waals surface area contributed by atoms with E-state index in [0.29, 0.717) is 12.6 Å². The Morgan fingerprint density at radius 1 is 1.37 bits per heavy atom. The number of halogens is 2. The molecule has 2 rings (SSSR count). The van der Waals surface area contributed by atoms with Crippen LogP contribution in [0.25, 0.3) is 0 Å². The molecule has 0 radical (unpaired) electrons. The van der Waals surface area contributed by atoms with Crippen LogP contribution in [0.5, 0.6) is 0 Å². The van der Waals surface area contributed by atoms with E-state index in [1.807, 2.05) is 16.8 Å². The summed E-state index contributed by atoms with van der Waals surface area (Å²) in [6, 6.07) is 7.33. The topological polar surface area (TPSA) is 17.0 Å². The lowest BCUT2D eigenvalue weighted by Gasteiger charge is -2.10. The molecule has 0 fully saturated rings. The SMILES string of the molecule is CCNC(C)c1ccn(Cc2ccc(Cl)c(F)c2)c1. The molecule has 4 heteroatoms. The summed E-state index contributed by atoms with van der Waals surface area (Å²) in [5, 5.41) is 3.53. The van der Waals surface area contributed by atoms with Gasteiger partial charge in [0.2, 0.25) is 0 Å². The fourth-order valence-electron chi connectivity index (χ4n) is 2.09. The van der Waals surface area contributed by atoms with Crippen molar-refractivity contribution in [1.29, 1.82) is 0 Å². The Morgan fingerprint density at radius 3 is 2.84 bits per heavy atom. The van der Waals surface area contributed by atoms with Crippen molar-refractivity contribution in [2.24, 2.45) is 0 Å². The summed E-state index contributed by atoms with van der Waals surface area (Å²) in [4.78, 5) is 0. The van der Waals surface area contributed by atoms with Crippen molar-refractivity contribution in [1.82, 2.24) is 9.88 Å². The fraction of sp³-hybridized carbons (Fsp3) is 0.333. The first-order valence-corrected chi connectivity index (χ1v) is 6.81. The summed E-state index contributed by atoms with van der Waals surface area (Å²) in [5.74, 6) is -0.368. The van der Waals surface area contributed by atoms with Crippen LogP contribution in [0.4, 0.5) is 4.39 Å². The Hall–Kier alpha value is -1.32. The molecule has 0 amide bonds. The highest BCUT2D eigenvalue weighted by atomic mass is 35.5. The highest BCUT2D eigenvalue weighted by Crippen LogP contribution is 2.18. The zero-order valence-corrected chi connectivity index (χ0v) is 11.9. The van der Waals surface area contributed by atoms with Crippen LogP contribution in [0.3, 0.4) is 0 Å². The van der Waals surface area contributed by atoms with Gasteiger partial charge in [-0.25, -0.2) is 4.39 Å². The minimum absolute atomic E-state index is 0.165. The average Bonchev–Trinajstić information content (AvgIpc) is 2.83. The van der Waals surface area contributed by atoms with Crippen LogP contribution in [0.1, 0.15) is 31.0 Å². The van der Waals surface area contributed by atoms with Gasteiger partial charge < -0.3 is 9.88 Å². The van der Waals surface area contributed by atoms with E-state index in [0.717, 1.165) is 12.1 Å². The van der Waals surface area contributed by atoms with E-state index >= 15 is 0 Å². The first kappa shape index (κ1) is 14.1. The van der Waals surface area contributed by atoms with Crippen LogP contribution >= 0.6 is 11.6 Å². The van der Waals surface area contributed by atoms with E-state index in [4.69, 9.17) is 11.6 Å². The van der Waals surface area contributed by atoms with Crippen molar-refractivity contribution >= 4 is 11.6 Å². The lowest BCUT2D eigenvalue weighted by Crippen LogP contribution is -2.17. The average molecular weight is 281 g/mol. The number of benzene rings is 1. The summed E-state index contributed by atoms with van der Waals surface area (Å²) < 4.78 is 15.4. The van der Waals surface area contributed by atoms with Gasteiger partial charge in [-0.05, 0) is 42.8 Å². The van der Waals surface area contributed by atoms with E-state index in [2.05, 4.69) is 31.4 Å². The van der Waals surface area contributed by atoms with Crippen molar-refractivity contribution in [3.8, 4) is 0 Å². The smallest absolute Gasteiger partial charge is 0.142 e. The van der Waals surface area contributed by atoms with Gasteiger partial charge in [-0.2, -0.15) is 0 Å². The molecule has 1 N–H and O–H groups in total. The molecule has 0 aliphatic carbocycles. The molecule has 19 heavy (non-hydrogen) atoms. The Balaban J connectivity index is 2.09. The van der Waals surface area contributed by atoms with Gasteiger partial charge in [-0.15, -0.1) is 0 Å². The van der Waals surface area contributed by atoms with Gasteiger partial charge >= 0.3 is 0 Å². The van der Waals surface area contributed by atoms with Crippen LogP contribution in [0.15, 0.2) is 36.7 Å². The molecule has 102 valence electrons. The predicted octanol–water partition coefficient (Wildman–Crippen LogP) is 4.00. The summed E-state index contributed by atoms with van der Waals surface area (Å²) in [6.07, 6.45) is 4.09. The maximum Gasteiger partial charge on any atom is 0.142 e. The Morgan fingerprint density at radius 2 is 2.16 bits per heavy atom. The second-order valence-electron chi connectivity index (χ2n) is 4.64. The van der Waals surface area contributed by atoms with Crippen LogP contribution in [0.2, 0.25) is 5.02 Å². The summed E-state index contributed by atoms with van der Waals surface area (Å²) in [5.41, 5.74) is 2.14. The van der Waals surface area contributed by atoms with E-state index in [-0.39, 0.29) is 10.8 Å². The Labute approximate surface area is 118 Å². The van der Waals surface area contributed by atoms with Gasteiger partial charge in [-0.3, -0.25) is 0 Å². The molecule has 1 unspecified atom stereocenters. The van der Waals surface area contributed by atoms with Gasteiger partial charge in [0.05, 0.1) is 5.02 Å². The zero-order chi connectivity index (χ0) is 13.8. The Kier molecular flexibility index (Phi) is 4.61. The zero-order valence-electron chi connectivity index (χ0n) is 11.2. The maximum atomic E-state index is 13.4. The molecule has 0 saturated carbocycles. The standard InChI is InChI=1S/C15H18ClFN2/c1-3-18-11(2)13-6-7-19(10-13)9-12-4-5-14(16)15(17)8-12/h4-8,10-11,18H,3,9H2,1-2H3. The third-order valence-electron chi connectivity index (χ3n) is 3.13. The minimum atomic E-state index is -0.368. The van der Waals surface area contributed by atoms with E-state index in [1.54, 1.807) is 6.07 Å². The second kappa shape index (κ2) is 6.22. The van der Waals surface area contributed by atoms with Crippen LogP contribution in [-0.2, 0) is 6.54 Å². The molecule has 1 aromatic carbocycles. The number of hydrogen-bond donors (Lipinski definition) is 1. The lowest BCUT2D eigenvalue weighted by atomic mass is 10.2. The molecule has 0 aliphatic rings. The molecule has 1 atom stereocenters. The summed E-state index contributed by atoms with van der Waals surface area (Å²) >= 11 is 5.67. The minimum Gasteiger partial charge on any atom is -0.350 e. The predicted molar refractivity (Wildman–Crippen MR) is 77.0 cm³/mol. The third-order valence-corrected chi connectivity index (χ3v) is 3.44. The number of hydrogen-bond acceptors (Lipinski definition) is 1. The summed E-state index contributed by atoms with van der Waals surface area (Å²) in [6.45, 7) is 5.80. The largest absolute Gasteiger partial charge is 0.350 e. The van der Waals surface area contributed by atoms with Gasteiger partial charge in [0.1, 0.15) is 5.82 Å². The fourth-order valence-corrected chi connectivity index (χ4v) is 2.20. The highest BCUT2D eigenvalue weighted by molar-refractivity contribution is 6.30. The maximum absolute atomic E-state index is 13.4. The molecule has 0 bridgehead atoms. The van der Waals surface area contributed by atoms with Gasteiger partial charge in [0.15, 0.2) is 0 Å². The molecule has 2 aromatic rings. The number of nitrogens with one attached hydrogen (secondary N) is 1. The molecule has 1 aromatic heterocycles. The number of nitrogens with zero attached hydrogens (tertiary/aromatic N) is 1. The van der Waals surface area contributed by atoms with E-state index in [9.17, 15) is 4.39 Å². The van der Waals surface area contributed by atoms with Crippen LogP contribution < -0.4 is 5.32 Å². The number of aromatic nitrogens is 1. The van der Waals surface area contributed by atoms with Crippen molar-refractivity contribution in [3.05, 3.63) is 58.6 Å². The van der Waals surface area contributed by atoms with Gasteiger partial charge in [-0.1, -0.05) is 24.6 Å². The van der Waals surface area contributed by atoms with Gasteiger partial charge in [0, 0.05) is 25.0 Å². The second-order valence-corrected chi connectivity index (χ2v) is 5.05. The Bertz CT molecular complexity index is 551. The van der Waals surface area contributed by atoms with Crippen molar-refractivity contribution < 1.29 is 4.39 Å². The van der Waals surface area contributed by atoms with Gasteiger partial charge in [0.25, 0.3) is 0 Å². The monoisotopic (exact) mass is 280 g/mol. The third kappa shape index (κ3) is 3.58. The van der Waals surface area contributed by atoms with Crippen molar-refractivity contribution in [2.75, 3.05) is 6.54 Å². The molecule has 2 nitrogen and oxygen atoms in total. The quantitative estimate of drug-likeness (QED) is 0.876. The van der Waals surface area contributed by atoms with Crippen molar-refractivity contribution in [3.63, 3.8) is 0 Å². The highest BCUT2D eigenvalue weighted by Gasteiger charge is 2.06. The molecule has 0 saturated heterocycles. The van der Waals surface area contributed by atoms with E-state index in [1.165, 1.54) is 11.6 Å². The van der Waals surface area contributed by atoms with Crippen LogP contribution in [0, 0.1) is 5.82 Å². The molecule has 1 heterocycles. The number of rotatable bonds is 5. The van der Waals surface area contributed by atoms with Crippen molar-refractivity contribution in [2.45, 2.75) is 26.4 Å². The van der Waals surface area contributed by atoms with E-state index < -0.39 is 0 Å².